The van der Waals surface area contributed by atoms with Gasteiger partial charge in [-0.25, -0.2) is 14.2 Å². The summed E-state index contributed by atoms with van der Waals surface area (Å²) < 4.78 is 13.0. The summed E-state index contributed by atoms with van der Waals surface area (Å²) in [7, 11) is 3.98. The maximum Gasteiger partial charge on any atom is 0.319 e. The van der Waals surface area contributed by atoms with Crippen LogP contribution in [0.5, 0.6) is 0 Å². The Balaban J connectivity index is 1.27. The van der Waals surface area contributed by atoms with Gasteiger partial charge in [0.25, 0.3) is 0 Å². The average Bonchev–Trinajstić information content (AvgIpc) is 2.79. The lowest BCUT2D eigenvalue weighted by Gasteiger charge is -2.29. The van der Waals surface area contributed by atoms with Crippen LogP contribution in [0.3, 0.4) is 0 Å². The number of fused-ring (bicyclic) bond motifs is 1. The van der Waals surface area contributed by atoms with Gasteiger partial charge in [0.15, 0.2) is 0 Å². The summed E-state index contributed by atoms with van der Waals surface area (Å²) in [5.41, 5.74) is 1.50. The van der Waals surface area contributed by atoms with Crippen molar-refractivity contribution in [2.75, 3.05) is 36.2 Å². The third kappa shape index (κ3) is 5.43. The van der Waals surface area contributed by atoms with E-state index in [1.165, 1.54) is 12.1 Å². The Morgan fingerprint density at radius 2 is 1.75 bits per heavy atom. The van der Waals surface area contributed by atoms with Gasteiger partial charge in [0.05, 0.1) is 5.52 Å². The molecule has 2 aromatic carbocycles. The highest BCUT2D eigenvalue weighted by Gasteiger charge is 2.22. The number of para-hydroxylation sites is 1. The molecular formula is C24H29FN6O. The third-order valence-electron chi connectivity index (χ3n) is 5.84. The van der Waals surface area contributed by atoms with Crippen LogP contribution in [0, 0.1) is 11.7 Å². The second-order valence-corrected chi connectivity index (χ2v) is 8.49. The van der Waals surface area contributed by atoms with Crippen molar-refractivity contribution in [1.82, 2.24) is 15.3 Å². The molecule has 3 N–H and O–H groups in total. The number of amides is 2. The van der Waals surface area contributed by atoms with Crippen molar-refractivity contribution in [3.63, 3.8) is 0 Å². The Kier molecular flexibility index (Phi) is 6.68. The zero-order valence-electron chi connectivity index (χ0n) is 18.4. The summed E-state index contributed by atoms with van der Waals surface area (Å²) in [6.07, 6.45) is 4.03. The smallest absolute Gasteiger partial charge is 0.319 e. The highest BCUT2D eigenvalue weighted by molar-refractivity contribution is 5.90. The van der Waals surface area contributed by atoms with Gasteiger partial charge >= 0.3 is 6.03 Å². The van der Waals surface area contributed by atoms with Crippen LogP contribution in [0.25, 0.3) is 10.9 Å². The Morgan fingerprint density at radius 3 is 2.47 bits per heavy atom. The molecule has 1 fully saturated rings. The van der Waals surface area contributed by atoms with Crippen molar-refractivity contribution in [3.05, 3.63) is 54.3 Å². The molecule has 1 heterocycles. The van der Waals surface area contributed by atoms with Crippen molar-refractivity contribution in [2.45, 2.75) is 31.7 Å². The predicted molar refractivity (Wildman–Crippen MR) is 127 cm³/mol. The topological polar surface area (TPSA) is 82.2 Å². The number of carbonyl (C=O) groups excluding carboxylic acids is 1. The summed E-state index contributed by atoms with van der Waals surface area (Å²) in [5, 5.41) is 10.2. The lowest BCUT2D eigenvalue weighted by molar-refractivity contribution is 0.246. The summed E-state index contributed by atoms with van der Waals surface area (Å²) in [5.74, 6) is 1.67. The van der Waals surface area contributed by atoms with Crippen molar-refractivity contribution in [3.8, 4) is 0 Å². The van der Waals surface area contributed by atoms with Crippen LogP contribution in [0.15, 0.2) is 48.5 Å². The zero-order valence-corrected chi connectivity index (χ0v) is 18.4. The monoisotopic (exact) mass is 436 g/mol. The Morgan fingerprint density at radius 1 is 1.03 bits per heavy atom. The van der Waals surface area contributed by atoms with E-state index >= 15 is 0 Å². The minimum absolute atomic E-state index is 0.266. The van der Waals surface area contributed by atoms with Gasteiger partial charge < -0.3 is 20.9 Å². The molecule has 7 nitrogen and oxygen atoms in total. The van der Waals surface area contributed by atoms with Gasteiger partial charge in [-0.1, -0.05) is 12.1 Å². The second kappa shape index (κ2) is 9.80. The number of aromatic nitrogens is 2. The van der Waals surface area contributed by atoms with Gasteiger partial charge in [-0.2, -0.15) is 4.98 Å². The van der Waals surface area contributed by atoms with Gasteiger partial charge in [-0.3, -0.25) is 0 Å². The van der Waals surface area contributed by atoms with E-state index in [4.69, 9.17) is 9.97 Å². The molecule has 32 heavy (non-hydrogen) atoms. The number of halogens is 1. The van der Waals surface area contributed by atoms with E-state index in [2.05, 4.69) is 16.0 Å². The van der Waals surface area contributed by atoms with Crippen LogP contribution >= 0.6 is 0 Å². The molecule has 0 radical (unpaired) electrons. The van der Waals surface area contributed by atoms with Crippen molar-refractivity contribution >= 4 is 34.4 Å². The quantitative estimate of drug-likeness (QED) is 0.525. The largest absolute Gasteiger partial charge is 0.362 e. The summed E-state index contributed by atoms with van der Waals surface area (Å²) in [6.45, 7) is 0.622. The second-order valence-electron chi connectivity index (χ2n) is 8.49. The van der Waals surface area contributed by atoms with E-state index < -0.39 is 0 Å². The van der Waals surface area contributed by atoms with Crippen molar-refractivity contribution in [1.29, 1.82) is 0 Å². The van der Waals surface area contributed by atoms with E-state index in [1.807, 2.05) is 43.3 Å². The molecule has 1 aliphatic rings. The zero-order chi connectivity index (χ0) is 22.5. The Bertz CT molecular complexity index is 1060. The van der Waals surface area contributed by atoms with Gasteiger partial charge in [-0.15, -0.1) is 0 Å². The number of benzene rings is 2. The molecule has 3 aromatic rings. The Hall–Kier alpha value is -3.42. The first-order chi connectivity index (χ1) is 15.5. The van der Waals surface area contributed by atoms with E-state index in [9.17, 15) is 9.18 Å². The fourth-order valence-corrected chi connectivity index (χ4v) is 4.10. The van der Waals surface area contributed by atoms with Crippen LogP contribution in [0.4, 0.5) is 26.6 Å². The van der Waals surface area contributed by atoms with Crippen molar-refractivity contribution < 1.29 is 9.18 Å². The standard InChI is InChI=1S/C24H29FN6O/c1-31(2)22-20-5-3-4-6-21(20)29-23(30-22)27-18-11-7-16(8-12-18)15-26-24(32)28-19-13-9-17(25)10-14-19/h3-6,9-10,13-14,16,18H,7-8,11-12,15H2,1-2H3,(H2,26,28,32)(H,27,29,30)/t16-,18+. The molecule has 1 aliphatic carbocycles. The maximum atomic E-state index is 13.0. The lowest BCUT2D eigenvalue weighted by Crippen LogP contribution is -2.36. The number of carbonyl (C=O) groups is 1. The van der Waals surface area contributed by atoms with Gasteiger partial charge in [0.2, 0.25) is 5.95 Å². The molecular weight excluding hydrogens is 407 g/mol. The number of anilines is 3. The summed E-state index contributed by atoms with van der Waals surface area (Å²) >= 11 is 0. The summed E-state index contributed by atoms with van der Waals surface area (Å²) in [6, 6.07) is 13.8. The molecule has 0 spiro atoms. The van der Waals surface area contributed by atoms with E-state index in [-0.39, 0.29) is 11.8 Å². The van der Waals surface area contributed by atoms with E-state index in [0.717, 1.165) is 42.4 Å². The van der Waals surface area contributed by atoms with Crippen molar-refractivity contribution in [2.24, 2.45) is 5.92 Å². The summed E-state index contributed by atoms with van der Waals surface area (Å²) in [4.78, 5) is 23.5. The number of urea groups is 1. The van der Waals surface area contributed by atoms with Gasteiger partial charge in [-0.05, 0) is 68.0 Å². The molecule has 0 saturated heterocycles. The van der Waals surface area contributed by atoms with Crippen LogP contribution in [-0.2, 0) is 0 Å². The molecule has 8 heteroatoms. The molecule has 168 valence electrons. The highest BCUT2D eigenvalue weighted by atomic mass is 19.1. The fraction of sp³-hybridized carbons (Fsp3) is 0.375. The highest BCUT2D eigenvalue weighted by Crippen LogP contribution is 2.28. The third-order valence-corrected chi connectivity index (χ3v) is 5.84. The molecule has 1 saturated carbocycles. The fourth-order valence-electron chi connectivity index (χ4n) is 4.10. The predicted octanol–water partition coefficient (Wildman–Crippen LogP) is 4.63. The van der Waals surface area contributed by atoms with Crippen LogP contribution in [0.2, 0.25) is 0 Å². The van der Waals surface area contributed by atoms with Crippen LogP contribution < -0.4 is 20.9 Å². The maximum absolute atomic E-state index is 13.0. The normalized spacial score (nSPS) is 18.2. The average molecular weight is 437 g/mol. The van der Waals surface area contributed by atoms with Gasteiger partial charge in [0, 0.05) is 37.8 Å². The molecule has 0 bridgehead atoms. The molecule has 4 rings (SSSR count). The number of hydrogen-bond acceptors (Lipinski definition) is 5. The molecule has 0 unspecified atom stereocenters. The minimum atomic E-state index is -0.326. The molecule has 0 aliphatic heterocycles. The number of rotatable bonds is 6. The van der Waals surface area contributed by atoms with E-state index in [0.29, 0.717) is 30.1 Å². The Labute approximate surface area is 187 Å². The number of hydrogen-bond donors (Lipinski definition) is 3. The molecule has 1 aromatic heterocycles. The SMILES string of the molecule is CN(C)c1nc(N[C@H]2CC[C@@H](CNC(=O)Nc3ccc(F)cc3)CC2)nc2ccccc12. The minimum Gasteiger partial charge on any atom is -0.362 e. The first-order valence-electron chi connectivity index (χ1n) is 11.0. The van der Waals surface area contributed by atoms with Gasteiger partial charge in [0.1, 0.15) is 11.6 Å². The first kappa shape index (κ1) is 21.8. The number of nitrogens with zero attached hydrogens (tertiary/aromatic N) is 3. The molecule has 2 amide bonds. The van der Waals surface area contributed by atoms with Crippen LogP contribution in [0.1, 0.15) is 25.7 Å². The lowest BCUT2D eigenvalue weighted by atomic mass is 9.86. The number of nitrogens with one attached hydrogen (secondary N) is 3. The van der Waals surface area contributed by atoms with Crippen LogP contribution in [-0.4, -0.2) is 42.7 Å². The first-order valence-corrected chi connectivity index (χ1v) is 11.0. The molecule has 0 atom stereocenters. The van der Waals surface area contributed by atoms with E-state index in [1.54, 1.807) is 12.1 Å².